The van der Waals surface area contributed by atoms with Crippen molar-refractivity contribution in [2.24, 2.45) is 16.5 Å². The van der Waals surface area contributed by atoms with Gasteiger partial charge in [-0.2, -0.15) is 4.98 Å². The van der Waals surface area contributed by atoms with Crippen LogP contribution in [0.4, 0.5) is 8.78 Å². The number of aromatic nitrogens is 3. The number of amidine groups is 1. The van der Waals surface area contributed by atoms with Crippen LogP contribution in [0.5, 0.6) is 0 Å². The molecule has 0 bridgehead atoms. The van der Waals surface area contributed by atoms with Crippen molar-refractivity contribution >= 4 is 28.5 Å². The number of halogens is 3. The Morgan fingerprint density at radius 2 is 2.00 bits per heavy atom. The summed E-state index contributed by atoms with van der Waals surface area (Å²) in [5, 5.41) is 4.06. The molecule has 11 heteroatoms. The van der Waals surface area contributed by atoms with E-state index in [-0.39, 0.29) is 16.9 Å². The molecule has 0 fully saturated rings. The Hall–Kier alpha value is -3.86. The number of alkyl halides is 1. The number of hydrogen-bond donors (Lipinski definition) is 4. The molecule has 0 aliphatic heterocycles. The number of aliphatic imine (C=N–C) groups is 1. The van der Waals surface area contributed by atoms with Gasteiger partial charge in [0.15, 0.2) is 5.82 Å². The highest BCUT2D eigenvalue weighted by molar-refractivity contribution is 6.31. The van der Waals surface area contributed by atoms with Crippen LogP contribution in [-0.4, -0.2) is 46.2 Å². The molecule has 4 aromatic rings. The zero-order chi connectivity index (χ0) is 29.4. The Balaban J connectivity index is 1.51. The lowest BCUT2D eigenvalue weighted by molar-refractivity contribution is 0.556. The molecule has 1 unspecified atom stereocenters. The molecule has 0 saturated heterocycles. The van der Waals surface area contributed by atoms with Crippen molar-refractivity contribution in [2.75, 3.05) is 19.8 Å². The van der Waals surface area contributed by atoms with E-state index >= 15 is 0 Å². The molecule has 0 saturated carbocycles. The zero-order valence-corrected chi connectivity index (χ0v) is 23.4. The van der Waals surface area contributed by atoms with E-state index in [1.165, 1.54) is 4.57 Å². The Morgan fingerprint density at radius 1 is 1.22 bits per heavy atom. The quantitative estimate of drug-likeness (QED) is 0.0735. The average molecular weight is 582 g/mol. The summed E-state index contributed by atoms with van der Waals surface area (Å²) < 4.78 is 28.9. The SMILES string of the molecule is C=CC(CCN=C(N)CF)NCc1ccc(-n2cc3cc(-c4cc(CCCCN)cc(Cl)c4F)[nH]c3nc2=O)cc1. The predicted octanol–water partition coefficient (Wildman–Crippen LogP) is 4.82. The molecule has 216 valence electrons. The van der Waals surface area contributed by atoms with Gasteiger partial charge in [0, 0.05) is 36.3 Å². The third-order valence-electron chi connectivity index (χ3n) is 6.77. The van der Waals surface area contributed by atoms with Crippen molar-refractivity contribution in [3.8, 4) is 16.9 Å². The third kappa shape index (κ3) is 7.66. The summed E-state index contributed by atoms with van der Waals surface area (Å²) in [7, 11) is 0. The van der Waals surface area contributed by atoms with Crippen LogP contribution in [0.1, 0.15) is 30.4 Å². The molecule has 0 amide bonds. The first-order valence-electron chi connectivity index (χ1n) is 13.4. The van der Waals surface area contributed by atoms with Crippen LogP contribution in [0.2, 0.25) is 5.02 Å². The van der Waals surface area contributed by atoms with Gasteiger partial charge in [-0.3, -0.25) is 9.56 Å². The second kappa shape index (κ2) is 14.2. The zero-order valence-electron chi connectivity index (χ0n) is 22.7. The Morgan fingerprint density at radius 3 is 2.71 bits per heavy atom. The van der Waals surface area contributed by atoms with Crippen LogP contribution in [0.15, 0.2) is 71.1 Å². The van der Waals surface area contributed by atoms with Gasteiger partial charge in [-0.15, -0.1) is 6.58 Å². The maximum Gasteiger partial charge on any atom is 0.354 e. The molecular weight excluding hydrogens is 548 g/mol. The van der Waals surface area contributed by atoms with E-state index < -0.39 is 18.2 Å². The van der Waals surface area contributed by atoms with Crippen molar-refractivity contribution in [1.82, 2.24) is 19.9 Å². The molecule has 0 aliphatic carbocycles. The van der Waals surface area contributed by atoms with Gasteiger partial charge >= 0.3 is 5.69 Å². The molecule has 0 spiro atoms. The Labute approximate surface area is 242 Å². The average Bonchev–Trinajstić information content (AvgIpc) is 3.39. The topological polar surface area (TPSA) is 127 Å². The molecule has 2 aromatic heterocycles. The van der Waals surface area contributed by atoms with Gasteiger partial charge in [-0.05, 0) is 73.7 Å². The number of H-pyrrole nitrogens is 1. The second-order valence-corrected chi connectivity index (χ2v) is 10.2. The van der Waals surface area contributed by atoms with Gasteiger partial charge in [-0.1, -0.05) is 29.8 Å². The molecule has 1 atom stereocenters. The summed E-state index contributed by atoms with van der Waals surface area (Å²) in [6, 6.07) is 12.6. The van der Waals surface area contributed by atoms with E-state index in [2.05, 4.69) is 26.9 Å². The van der Waals surface area contributed by atoms with E-state index in [0.717, 1.165) is 30.4 Å². The molecule has 0 aliphatic rings. The number of fused-ring (bicyclic) bond motifs is 1. The van der Waals surface area contributed by atoms with Crippen LogP contribution >= 0.6 is 11.6 Å². The lowest BCUT2D eigenvalue weighted by atomic mass is 10.0. The van der Waals surface area contributed by atoms with Crippen LogP contribution < -0.4 is 22.5 Å². The Kier molecular flexibility index (Phi) is 10.4. The minimum absolute atomic E-state index is 0.0120. The first-order chi connectivity index (χ1) is 19.8. The van der Waals surface area contributed by atoms with Crippen LogP contribution in [0, 0.1) is 5.82 Å². The van der Waals surface area contributed by atoms with Crippen molar-refractivity contribution in [1.29, 1.82) is 0 Å². The fraction of sp³-hybridized carbons (Fsp3) is 0.300. The van der Waals surface area contributed by atoms with E-state index in [1.807, 2.05) is 24.3 Å². The number of aromatic amines is 1. The normalized spacial score (nSPS) is 12.6. The third-order valence-corrected chi connectivity index (χ3v) is 7.04. The number of unbranched alkanes of at least 4 members (excludes halogenated alkanes) is 1. The van der Waals surface area contributed by atoms with Gasteiger partial charge in [0.2, 0.25) is 0 Å². The fourth-order valence-corrected chi connectivity index (χ4v) is 4.74. The molecule has 2 aromatic carbocycles. The fourth-order valence-electron chi connectivity index (χ4n) is 4.50. The second-order valence-electron chi connectivity index (χ2n) is 9.75. The monoisotopic (exact) mass is 581 g/mol. The first-order valence-corrected chi connectivity index (χ1v) is 13.8. The molecule has 8 nitrogen and oxygen atoms in total. The number of nitrogens with zero attached hydrogens (tertiary/aromatic N) is 3. The number of hydrogen-bond acceptors (Lipinski definition) is 5. The maximum atomic E-state index is 15.0. The lowest BCUT2D eigenvalue weighted by Crippen LogP contribution is -2.27. The maximum absolute atomic E-state index is 15.0. The number of nitrogens with two attached hydrogens (primary N) is 2. The van der Waals surface area contributed by atoms with E-state index in [0.29, 0.717) is 54.0 Å². The summed E-state index contributed by atoms with van der Waals surface area (Å²) in [5.74, 6) is -0.544. The molecule has 6 N–H and O–H groups in total. The van der Waals surface area contributed by atoms with E-state index in [9.17, 15) is 13.6 Å². The molecule has 0 radical (unpaired) electrons. The summed E-state index contributed by atoms with van der Waals surface area (Å²) in [4.78, 5) is 24.1. The number of rotatable bonds is 14. The highest BCUT2D eigenvalue weighted by Crippen LogP contribution is 2.31. The number of nitrogens with one attached hydrogen (secondary N) is 2. The van der Waals surface area contributed by atoms with Gasteiger partial charge in [0.25, 0.3) is 0 Å². The highest BCUT2D eigenvalue weighted by atomic mass is 35.5. The van der Waals surface area contributed by atoms with Gasteiger partial charge < -0.3 is 21.8 Å². The van der Waals surface area contributed by atoms with Crippen molar-refractivity contribution in [2.45, 2.75) is 38.3 Å². The smallest absolute Gasteiger partial charge is 0.354 e. The molecule has 2 heterocycles. The minimum Gasteiger partial charge on any atom is -0.385 e. The lowest BCUT2D eigenvalue weighted by Gasteiger charge is -2.14. The van der Waals surface area contributed by atoms with Crippen molar-refractivity contribution in [3.05, 3.63) is 93.8 Å². The minimum atomic E-state index is -0.757. The molecule has 41 heavy (non-hydrogen) atoms. The first kappa shape index (κ1) is 30.1. The van der Waals surface area contributed by atoms with Crippen molar-refractivity contribution < 1.29 is 8.78 Å². The van der Waals surface area contributed by atoms with E-state index in [4.69, 9.17) is 23.1 Å². The standard InChI is InChI=1S/C30H34ClF2N7O/c1-2-22(10-12-36-27(35)16-32)37-17-19-6-8-23(9-7-19)40-18-21-15-26(38-29(21)39-30(40)41)24-13-20(5-3-4-11-34)14-25(31)28(24)33/h2,6-9,13-15,18,22,37H,1,3-5,10-12,16-17,34H2,(H2,35,36)(H,38,39,41). The number of benzene rings is 2. The van der Waals surface area contributed by atoms with E-state index in [1.54, 1.807) is 30.5 Å². The predicted molar refractivity (Wildman–Crippen MR) is 162 cm³/mol. The largest absolute Gasteiger partial charge is 0.385 e. The van der Waals surface area contributed by atoms with Gasteiger partial charge in [0.1, 0.15) is 18.2 Å². The molecular formula is C30H34ClF2N7O. The summed E-state index contributed by atoms with van der Waals surface area (Å²) in [6.07, 6.45) is 6.57. The van der Waals surface area contributed by atoms with Crippen molar-refractivity contribution in [3.63, 3.8) is 0 Å². The van der Waals surface area contributed by atoms with Gasteiger partial charge in [-0.25, -0.2) is 13.6 Å². The summed E-state index contributed by atoms with van der Waals surface area (Å²) in [5.41, 5.74) is 14.3. The van der Waals surface area contributed by atoms with Crippen LogP contribution in [0.25, 0.3) is 28.0 Å². The molecule has 4 rings (SSSR count). The van der Waals surface area contributed by atoms with Crippen LogP contribution in [0.3, 0.4) is 0 Å². The summed E-state index contributed by atoms with van der Waals surface area (Å²) >= 11 is 6.20. The highest BCUT2D eigenvalue weighted by Gasteiger charge is 2.15. The van der Waals surface area contributed by atoms with Crippen LogP contribution in [-0.2, 0) is 13.0 Å². The summed E-state index contributed by atoms with van der Waals surface area (Å²) in [6.45, 7) is 4.63. The van der Waals surface area contributed by atoms with Gasteiger partial charge in [0.05, 0.1) is 16.4 Å². The number of aryl methyl sites for hydroxylation is 1. The Bertz CT molecular complexity index is 1580.